The molecule has 6 rings (SSSR count). The molecule has 2 aliphatic rings. The Hall–Kier alpha value is -4.27. The molecule has 3 aromatic carbocycles. The summed E-state index contributed by atoms with van der Waals surface area (Å²) in [4.78, 5) is 32.6. The largest absolute Gasteiger partial charge is 0.489 e. The zero-order chi connectivity index (χ0) is 27.1. The van der Waals surface area contributed by atoms with Gasteiger partial charge in [-0.25, -0.2) is 5.48 Å². The lowest BCUT2D eigenvalue weighted by Crippen LogP contribution is -2.47. The first kappa shape index (κ1) is 25.0. The van der Waals surface area contributed by atoms with E-state index in [1.54, 1.807) is 10.4 Å². The van der Waals surface area contributed by atoms with Crippen molar-refractivity contribution in [3.63, 3.8) is 0 Å². The Kier molecular flexibility index (Phi) is 6.29. The van der Waals surface area contributed by atoms with Gasteiger partial charge in [0.25, 0.3) is 0 Å². The number of benzene rings is 3. The number of hydrogen-bond acceptors (Lipinski definition) is 6. The van der Waals surface area contributed by atoms with Crippen LogP contribution in [-0.4, -0.2) is 33.5 Å². The third-order valence-electron chi connectivity index (χ3n) is 8.06. The number of rotatable bonds is 6. The number of likely N-dealkylation sites (tertiary alicyclic amines) is 1. The van der Waals surface area contributed by atoms with E-state index in [9.17, 15) is 14.8 Å². The summed E-state index contributed by atoms with van der Waals surface area (Å²) < 4.78 is 6.09. The molecule has 0 spiro atoms. The molecule has 8 nitrogen and oxygen atoms in total. The van der Waals surface area contributed by atoms with Crippen LogP contribution in [0.1, 0.15) is 40.4 Å². The van der Waals surface area contributed by atoms with E-state index in [-0.39, 0.29) is 5.91 Å². The van der Waals surface area contributed by atoms with Gasteiger partial charge in [0.15, 0.2) is 0 Å². The van der Waals surface area contributed by atoms with Crippen LogP contribution in [0.5, 0.6) is 5.75 Å². The highest BCUT2D eigenvalue weighted by atomic mass is 16.5. The molecule has 2 heterocycles. The lowest BCUT2D eigenvalue weighted by Gasteiger charge is -2.31. The van der Waals surface area contributed by atoms with Gasteiger partial charge in [0.2, 0.25) is 11.8 Å². The van der Waals surface area contributed by atoms with Crippen LogP contribution in [-0.2, 0) is 28.2 Å². The van der Waals surface area contributed by atoms with E-state index in [2.05, 4.69) is 4.98 Å². The number of nitrogens with one attached hydrogen (secondary N) is 1. The smallest absolute Gasteiger partial charge is 0.249 e. The van der Waals surface area contributed by atoms with Crippen LogP contribution in [0.15, 0.2) is 78.9 Å². The number of hydrogen-bond donors (Lipinski definition) is 3. The first-order valence-electron chi connectivity index (χ1n) is 13.1. The number of carbonyl (C=O) groups is 2. The minimum atomic E-state index is -1.21. The van der Waals surface area contributed by atoms with Gasteiger partial charge >= 0.3 is 0 Å². The molecule has 0 bridgehead atoms. The zero-order valence-electron chi connectivity index (χ0n) is 21.6. The van der Waals surface area contributed by atoms with Crippen molar-refractivity contribution in [2.45, 2.75) is 38.0 Å². The van der Waals surface area contributed by atoms with Crippen LogP contribution >= 0.6 is 0 Å². The van der Waals surface area contributed by atoms with Crippen molar-refractivity contribution in [2.24, 2.45) is 11.7 Å². The van der Waals surface area contributed by atoms with E-state index >= 15 is 0 Å². The summed E-state index contributed by atoms with van der Waals surface area (Å²) >= 11 is 0. The maximum atomic E-state index is 13.8. The average molecular weight is 523 g/mol. The summed E-state index contributed by atoms with van der Waals surface area (Å²) in [5.74, 6) is -0.639. The number of aryl methyl sites for hydroxylation is 1. The summed E-state index contributed by atoms with van der Waals surface area (Å²) in [6.45, 7) is 2.77. The third kappa shape index (κ3) is 4.31. The van der Waals surface area contributed by atoms with Gasteiger partial charge in [0, 0.05) is 23.2 Å². The molecule has 4 N–H and O–H groups in total. The van der Waals surface area contributed by atoms with Crippen molar-refractivity contribution < 1.29 is 19.5 Å². The van der Waals surface area contributed by atoms with Gasteiger partial charge in [-0.1, -0.05) is 54.6 Å². The Morgan fingerprint density at radius 1 is 1.13 bits per heavy atom. The predicted octanol–water partition coefficient (Wildman–Crippen LogP) is 3.93. The van der Waals surface area contributed by atoms with Crippen LogP contribution in [0, 0.1) is 12.8 Å². The van der Waals surface area contributed by atoms with Gasteiger partial charge < -0.3 is 15.4 Å². The van der Waals surface area contributed by atoms with Crippen molar-refractivity contribution in [1.82, 2.24) is 15.4 Å². The van der Waals surface area contributed by atoms with Gasteiger partial charge in [-0.3, -0.25) is 19.8 Å². The summed E-state index contributed by atoms with van der Waals surface area (Å²) in [6.07, 6.45) is 0.868. The molecule has 39 heavy (non-hydrogen) atoms. The van der Waals surface area contributed by atoms with Gasteiger partial charge in [-0.05, 0) is 60.7 Å². The van der Waals surface area contributed by atoms with E-state index in [0.29, 0.717) is 37.3 Å². The number of amides is 2. The topological polar surface area (TPSA) is 118 Å². The fourth-order valence-electron chi connectivity index (χ4n) is 6.10. The number of carbonyl (C=O) groups excluding carboxylic acids is 2. The molecule has 0 saturated carbocycles. The van der Waals surface area contributed by atoms with E-state index in [1.807, 2.05) is 85.8 Å². The minimum Gasteiger partial charge on any atom is -0.489 e. The van der Waals surface area contributed by atoms with Crippen LogP contribution in [0.4, 0.5) is 0 Å². The number of ether oxygens (including phenoxy) is 1. The quantitative estimate of drug-likeness (QED) is 0.261. The fourth-order valence-corrected chi connectivity index (χ4v) is 6.10. The molecule has 198 valence electrons. The summed E-state index contributed by atoms with van der Waals surface area (Å²) in [7, 11) is 0. The SMILES string of the molecule is Cc1cc(COc2ccc([C@@]3(N)CCN([C@@H]4c5ccccc5C[C@@H]4C(=O)NO)C3=O)cc2)c2ccccc2n1. The number of pyridine rings is 1. The van der Waals surface area contributed by atoms with E-state index in [1.165, 1.54) is 0 Å². The van der Waals surface area contributed by atoms with E-state index < -0.39 is 23.4 Å². The Labute approximate surface area is 226 Å². The minimum absolute atomic E-state index is 0.229. The van der Waals surface area contributed by atoms with Crippen LogP contribution in [0.3, 0.4) is 0 Å². The molecule has 2 amide bonds. The third-order valence-corrected chi connectivity index (χ3v) is 8.06. The maximum Gasteiger partial charge on any atom is 0.249 e. The molecular formula is C31H30N4O4. The summed E-state index contributed by atoms with van der Waals surface area (Å²) in [6, 6.07) is 24.6. The van der Waals surface area contributed by atoms with E-state index in [4.69, 9.17) is 10.5 Å². The summed E-state index contributed by atoms with van der Waals surface area (Å²) in [5.41, 5.74) is 12.9. The molecule has 0 unspecified atom stereocenters. The predicted molar refractivity (Wildman–Crippen MR) is 146 cm³/mol. The lowest BCUT2D eigenvalue weighted by atomic mass is 9.89. The fraction of sp³-hybridized carbons (Fsp3) is 0.258. The van der Waals surface area contributed by atoms with Crippen molar-refractivity contribution in [3.05, 3.63) is 107 Å². The van der Waals surface area contributed by atoms with Crippen molar-refractivity contribution in [3.8, 4) is 5.75 Å². The maximum absolute atomic E-state index is 13.8. The Morgan fingerprint density at radius 3 is 2.67 bits per heavy atom. The molecule has 1 aliphatic carbocycles. The number of nitrogens with two attached hydrogens (primary N) is 1. The standard InChI is InChI=1S/C31H30N4O4/c1-19-16-21(24-7-4-5-9-27(24)33-19)18-39-23-12-10-22(11-13-23)31(32)14-15-35(30(31)37)28-25-8-3-2-6-20(25)17-26(28)29(36)34-38/h2-13,16,26,28,38H,14-15,17-18,32H2,1H3,(H,34,36)/t26-,28+,31-/m0/s1. The Morgan fingerprint density at radius 2 is 1.87 bits per heavy atom. The highest BCUT2D eigenvalue weighted by Crippen LogP contribution is 2.45. The molecule has 4 aromatic rings. The highest BCUT2D eigenvalue weighted by Gasteiger charge is 2.51. The van der Waals surface area contributed by atoms with Crippen molar-refractivity contribution >= 4 is 22.7 Å². The number of fused-ring (bicyclic) bond motifs is 2. The Bertz CT molecular complexity index is 1570. The second kappa shape index (κ2) is 9.80. The van der Waals surface area contributed by atoms with Gasteiger partial charge in [-0.15, -0.1) is 0 Å². The first-order chi connectivity index (χ1) is 18.9. The first-order valence-corrected chi connectivity index (χ1v) is 13.1. The highest BCUT2D eigenvalue weighted by molar-refractivity contribution is 5.91. The summed E-state index contributed by atoms with van der Waals surface area (Å²) in [5, 5.41) is 10.4. The van der Waals surface area contributed by atoms with Gasteiger partial charge in [0.1, 0.15) is 17.9 Å². The number of hydroxylamine groups is 1. The number of para-hydroxylation sites is 1. The number of nitrogens with zero attached hydrogens (tertiary/aromatic N) is 2. The normalized spacial score (nSPS) is 22.2. The molecule has 1 aliphatic heterocycles. The van der Waals surface area contributed by atoms with Crippen molar-refractivity contribution in [2.75, 3.05) is 6.54 Å². The molecular weight excluding hydrogens is 492 g/mol. The molecule has 1 fully saturated rings. The zero-order valence-corrected chi connectivity index (χ0v) is 21.6. The lowest BCUT2D eigenvalue weighted by molar-refractivity contribution is -0.140. The van der Waals surface area contributed by atoms with Gasteiger partial charge in [-0.2, -0.15) is 0 Å². The second-order valence-electron chi connectivity index (χ2n) is 10.4. The van der Waals surface area contributed by atoms with E-state index in [0.717, 1.165) is 33.3 Å². The second-order valence-corrected chi connectivity index (χ2v) is 10.4. The molecule has 1 aromatic heterocycles. The number of aromatic nitrogens is 1. The van der Waals surface area contributed by atoms with Crippen LogP contribution < -0.4 is 16.0 Å². The monoisotopic (exact) mass is 522 g/mol. The van der Waals surface area contributed by atoms with Crippen LogP contribution in [0.25, 0.3) is 10.9 Å². The van der Waals surface area contributed by atoms with Crippen LogP contribution in [0.2, 0.25) is 0 Å². The molecule has 8 heteroatoms. The van der Waals surface area contributed by atoms with Gasteiger partial charge in [0.05, 0.1) is 17.5 Å². The Balaban J connectivity index is 1.21. The molecule has 1 saturated heterocycles. The average Bonchev–Trinajstić information content (AvgIpc) is 3.49. The molecule has 0 radical (unpaired) electrons. The molecule has 3 atom stereocenters. The van der Waals surface area contributed by atoms with Crippen molar-refractivity contribution in [1.29, 1.82) is 0 Å².